The van der Waals surface area contributed by atoms with Gasteiger partial charge in [0.25, 0.3) is 0 Å². The molecule has 5 heteroatoms. The fourth-order valence-electron chi connectivity index (χ4n) is 1.81. The fraction of sp³-hybridized carbons (Fsp3) is 0.200. The Morgan fingerprint density at radius 1 is 1.25 bits per heavy atom. The van der Waals surface area contributed by atoms with Gasteiger partial charge in [0.2, 0.25) is 0 Å². The van der Waals surface area contributed by atoms with Crippen LogP contribution in [0.15, 0.2) is 42.6 Å². The van der Waals surface area contributed by atoms with E-state index in [1.54, 1.807) is 25.4 Å². The molecule has 0 aliphatic carbocycles. The predicted octanol–water partition coefficient (Wildman–Crippen LogP) is 2.49. The number of nitrogens with one attached hydrogen (secondary N) is 1. The summed E-state index contributed by atoms with van der Waals surface area (Å²) in [5, 5.41) is 3.16. The molecule has 1 aromatic carbocycles. The topological polar surface area (TPSA) is 60.5 Å². The van der Waals surface area contributed by atoms with Gasteiger partial charge in [-0.25, -0.2) is 9.78 Å². The number of benzene rings is 1. The third-order valence-corrected chi connectivity index (χ3v) is 2.83. The Hall–Kier alpha value is -2.56. The average Bonchev–Trinajstić information content (AvgIpc) is 2.52. The molecule has 20 heavy (non-hydrogen) atoms. The predicted molar refractivity (Wildman–Crippen MR) is 75.9 cm³/mol. The van der Waals surface area contributed by atoms with Crippen molar-refractivity contribution in [3.63, 3.8) is 0 Å². The number of anilines is 1. The van der Waals surface area contributed by atoms with Crippen molar-refractivity contribution in [2.24, 2.45) is 0 Å². The second-order valence-corrected chi connectivity index (χ2v) is 4.09. The third kappa shape index (κ3) is 3.26. The first-order chi connectivity index (χ1) is 9.74. The maximum absolute atomic E-state index is 11.4. The van der Waals surface area contributed by atoms with Gasteiger partial charge in [-0.05, 0) is 18.2 Å². The summed E-state index contributed by atoms with van der Waals surface area (Å²) in [6.07, 6.45) is 1.57. The number of ether oxygens (including phenoxy) is 2. The highest BCUT2D eigenvalue weighted by atomic mass is 16.5. The molecule has 0 saturated heterocycles. The smallest absolute Gasteiger partial charge is 0.338 e. The lowest BCUT2D eigenvalue weighted by Gasteiger charge is -2.10. The lowest BCUT2D eigenvalue weighted by molar-refractivity contribution is 0.0600. The monoisotopic (exact) mass is 272 g/mol. The Balaban J connectivity index is 2.09. The Morgan fingerprint density at radius 3 is 2.80 bits per heavy atom. The van der Waals surface area contributed by atoms with E-state index in [0.717, 1.165) is 11.3 Å². The zero-order valence-electron chi connectivity index (χ0n) is 11.4. The fourth-order valence-corrected chi connectivity index (χ4v) is 1.81. The van der Waals surface area contributed by atoms with Crippen molar-refractivity contribution in [2.75, 3.05) is 19.5 Å². The molecule has 0 unspecified atom stereocenters. The number of rotatable bonds is 5. The van der Waals surface area contributed by atoms with Crippen LogP contribution in [-0.2, 0) is 11.3 Å². The number of nitrogens with zero attached hydrogens (tertiary/aromatic N) is 1. The van der Waals surface area contributed by atoms with Crippen molar-refractivity contribution in [3.8, 4) is 5.75 Å². The van der Waals surface area contributed by atoms with Crippen molar-refractivity contribution in [2.45, 2.75) is 6.54 Å². The van der Waals surface area contributed by atoms with Crippen molar-refractivity contribution in [1.29, 1.82) is 0 Å². The average molecular weight is 272 g/mol. The molecular weight excluding hydrogens is 256 g/mol. The molecule has 0 saturated carbocycles. The number of esters is 1. The third-order valence-electron chi connectivity index (χ3n) is 2.83. The van der Waals surface area contributed by atoms with E-state index >= 15 is 0 Å². The molecule has 0 amide bonds. The van der Waals surface area contributed by atoms with Crippen molar-refractivity contribution in [1.82, 2.24) is 4.98 Å². The molecule has 2 rings (SSSR count). The van der Waals surface area contributed by atoms with Crippen LogP contribution in [0.3, 0.4) is 0 Å². The van der Waals surface area contributed by atoms with Crippen LogP contribution in [0.5, 0.6) is 5.75 Å². The summed E-state index contributed by atoms with van der Waals surface area (Å²) in [4.78, 5) is 15.6. The van der Waals surface area contributed by atoms with Gasteiger partial charge in [0.05, 0.1) is 19.8 Å². The minimum Gasteiger partial charge on any atom is -0.496 e. The summed E-state index contributed by atoms with van der Waals surface area (Å²) >= 11 is 0. The van der Waals surface area contributed by atoms with Crippen LogP contribution in [0.1, 0.15) is 15.9 Å². The number of methoxy groups -OCH3 is 2. The molecule has 0 aliphatic rings. The van der Waals surface area contributed by atoms with Crippen molar-refractivity contribution >= 4 is 11.8 Å². The van der Waals surface area contributed by atoms with E-state index in [1.165, 1.54) is 7.11 Å². The molecule has 0 fully saturated rings. The standard InChI is InChI=1S/C15H16N2O3/c1-19-13-6-4-3-5-12(13)10-17-14-9-11(7-8-16-14)15(18)20-2/h3-9H,10H2,1-2H3,(H,16,17). The maximum Gasteiger partial charge on any atom is 0.338 e. The van der Waals surface area contributed by atoms with Crippen molar-refractivity contribution < 1.29 is 14.3 Å². The lowest BCUT2D eigenvalue weighted by atomic mass is 10.2. The van der Waals surface area contributed by atoms with Gasteiger partial charge in [0.1, 0.15) is 11.6 Å². The molecule has 1 N–H and O–H groups in total. The van der Waals surface area contributed by atoms with E-state index in [4.69, 9.17) is 4.74 Å². The largest absolute Gasteiger partial charge is 0.496 e. The molecule has 0 spiro atoms. The zero-order chi connectivity index (χ0) is 14.4. The first-order valence-electron chi connectivity index (χ1n) is 6.14. The van der Waals surface area contributed by atoms with Crippen molar-refractivity contribution in [3.05, 3.63) is 53.7 Å². The quantitative estimate of drug-likeness (QED) is 0.847. The molecule has 1 aromatic heterocycles. The van der Waals surface area contributed by atoms with Gasteiger partial charge in [0.15, 0.2) is 0 Å². The van der Waals surface area contributed by atoms with E-state index in [1.807, 2.05) is 24.3 Å². The number of hydrogen-bond donors (Lipinski definition) is 1. The van der Waals surface area contributed by atoms with Crippen LogP contribution in [-0.4, -0.2) is 25.2 Å². The Kier molecular flexibility index (Phi) is 4.55. The second kappa shape index (κ2) is 6.56. The van der Waals surface area contributed by atoms with Crippen LogP contribution in [0.25, 0.3) is 0 Å². The van der Waals surface area contributed by atoms with Crippen LogP contribution < -0.4 is 10.1 Å². The Morgan fingerprint density at radius 2 is 2.05 bits per heavy atom. The summed E-state index contributed by atoms with van der Waals surface area (Å²) in [7, 11) is 2.99. The van der Waals surface area contributed by atoms with Gasteiger partial charge in [-0.2, -0.15) is 0 Å². The number of carbonyl (C=O) groups is 1. The molecule has 0 radical (unpaired) electrons. The number of para-hydroxylation sites is 1. The van der Waals surface area contributed by atoms with E-state index in [-0.39, 0.29) is 5.97 Å². The maximum atomic E-state index is 11.4. The summed E-state index contributed by atoms with van der Waals surface area (Å²) in [6, 6.07) is 11.0. The SMILES string of the molecule is COC(=O)c1ccnc(NCc2ccccc2OC)c1. The first-order valence-corrected chi connectivity index (χ1v) is 6.14. The minimum absolute atomic E-state index is 0.382. The Bertz CT molecular complexity index is 599. The molecule has 5 nitrogen and oxygen atoms in total. The summed E-state index contributed by atoms with van der Waals surface area (Å²) in [5.74, 6) is 1.04. The lowest BCUT2D eigenvalue weighted by Crippen LogP contribution is -2.06. The van der Waals surface area contributed by atoms with E-state index in [2.05, 4.69) is 15.0 Å². The van der Waals surface area contributed by atoms with Gasteiger partial charge >= 0.3 is 5.97 Å². The second-order valence-electron chi connectivity index (χ2n) is 4.09. The molecule has 0 atom stereocenters. The van der Waals surface area contributed by atoms with Gasteiger partial charge < -0.3 is 14.8 Å². The number of pyridine rings is 1. The van der Waals surface area contributed by atoms with Gasteiger partial charge in [0, 0.05) is 18.3 Å². The molecule has 0 bridgehead atoms. The van der Waals surface area contributed by atoms with Gasteiger partial charge in [-0.3, -0.25) is 0 Å². The normalized spacial score (nSPS) is 9.90. The van der Waals surface area contributed by atoms with E-state index < -0.39 is 0 Å². The minimum atomic E-state index is -0.382. The summed E-state index contributed by atoms with van der Waals surface area (Å²) < 4.78 is 9.95. The van der Waals surface area contributed by atoms with Crippen LogP contribution >= 0.6 is 0 Å². The van der Waals surface area contributed by atoms with Crippen LogP contribution in [0.2, 0.25) is 0 Å². The van der Waals surface area contributed by atoms with Gasteiger partial charge in [-0.15, -0.1) is 0 Å². The van der Waals surface area contributed by atoms with Crippen LogP contribution in [0.4, 0.5) is 5.82 Å². The number of aromatic nitrogens is 1. The molecule has 0 aliphatic heterocycles. The van der Waals surface area contributed by atoms with Gasteiger partial charge in [-0.1, -0.05) is 18.2 Å². The molecule has 1 heterocycles. The van der Waals surface area contributed by atoms with E-state index in [0.29, 0.717) is 17.9 Å². The zero-order valence-corrected chi connectivity index (χ0v) is 11.4. The van der Waals surface area contributed by atoms with E-state index in [9.17, 15) is 4.79 Å². The number of carbonyl (C=O) groups excluding carboxylic acids is 1. The molecule has 2 aromatic rings. The molecule has 104 valence electrons. The summed E-state index contributed by atoms with van der Waals surface area (Å²) in [6.45, 7) is 0.557. The van der Waals surface area contributed by atoms with Crippen LogP contribution in [0, 0.1) is 0 Å². The Labute approximate surface area is 117 Å². The highest BCUT2D eigenvalue weighted by molar-refractivity contribution is 5.89. The first kappa shape index (κ1) is 13.9. The highest BCUT2D eigenvalue weighted by Gasteiger charge is 2.07. The summed E-state index contributed by atoms with van der Waals surface area (Å²) in [5.41, 5.74) is 1.48. The number of hydrogen-bond acceptors (Lipinski definition) is 5. The molecular formula is C15H16N2O3. The highest BCUT2D eigenvalue weighted by Crippen LogP contribution is 2.18.